The van der Waals surface area contributed by atoms with E-state index in [1.807, 2.05) is 22.9 Å². The van der Waals surface area contributed by atoms with Crippen LogP contribution in [0.25, 0.3) is 5.69 Å². The Bertz CT molecular complexity index is 741. The molecule has 1 fully saturated rings. The highest BCUT2D eigenvalue weighted by Gasteiger charge is 2.28. The predicted octanol–water partition coefficient (Wildman–Crippen LogP) is 1.52. The second-order valence-electron chi connectivity index (χ2n) is 6.67. The van der Waals surface area contributed by atoms with Crippen molar-refractivity contribution in [3.63, 3.8) is 0 Å². The third-order valence-electron chi connectivity index (χ3n) is 5.24. The van der Waals surface area contributed by atoms with E-state index in [9.17, 15) is 0 Å². The molecule has 2 aromatic rings. The summed E-state index contributed by atoms with van der Waals surface area (Å²) in [5.74, 6) is 2.41. The molecule has 1 aromatic carbocycles. The summed E-state index contributed by atoms with van der Waals surface area (Å²) in [6.45, 7) is 11.0. The molecule has 2 aliphatic rings. The van der Waals surface area contributed by atoms with Crippen molar-refractivity contribution in [3.8, 4) is 17.2 Å². The Kier molecular flexibility index (Phi) is 5.03. The van der Waals surface area contributed by atoms with Crippen LogP contribution in [0, 0.1) is 0 Å². The van der Waals surface area contributed by atoms with Gasteiger partial charge in [0.05, 0.1) is 11.7 Å². The van der Waals surface area contributed by atoms with Crippen molar-refractivity contribution in [2.24, 2.45) is 0 Å². The second kappa shape index (κ2) is 7.59. The number of benzene rings is 1. The number of piperazine rings is 1. The minimum atomic E-state index is 0.206. The Morgan fingerprint density at radius 2 is 1.81 bits per heavy atom. The molecule has 4 rings (SSSR count). The lowest BCUT2D eigenvalue weighted by atomic mass is 10.1. The zero-order valence-corrected chi connectivity index (χ0v) is 15.5. The van der Waals surface area contributed by atoms with Crippen molar-refractivity contribution in [1.29, 1.82) is 0 Å². The molecule has 0 N–H and O–H groups in total. The summed E-state index contributed by atoms with van der Waals surface area (Å²) in [5, 5.41) is 12.6. The topological polar surface area (TPSA) is 68.5 Å². The fourth-order valence-corrected chi connectivity index (χ4v) is 3.74. The number of tetrazole rings is 1. The Hall–Kier alpha value is -2.19. The van der Waals surface area contributed by atoms with Crippen LogP contribution in [0.2, 0.25) is 0 Å². The molecule has 1 unspecified atom stereocenters. The van der Waals surface area contributed by atoms with Crippen LogP contribution in [0.4, 0.5) is 0 Å². The van der Waals surface area contributed by atoms with Gasteiger partial charge in [0.2, 0.25) is 0 Å². The van der Waals surface area contributed by atoms with E-state index in [-0.39, 0.29) is 6.04 Å². The van der Waals surface area contributed by atoms with E-state index in [0.29, 0.717) is 13.2 Å². The summed E-state index contributed by atoms with van der Waals surface area (Å²) in [6, 6.07) is 6.07. The van der Waals surface area contributed by atoms with Crippen LogP contribution in [-0.4, -0.2) is 75.9 Å². The van der Waals surface area contributed by atoms with E-state index in [1.54, 1.807) is 0 Å². The largest absolute Gasteiger partial charge is 0.486 e. The Balaban J connectivity index is 1.59. The minimum Gasteiger partial charge on any atom is -0.486 e. The fraction of sp³-hybridized carbons (Fsp3) is 0.611. The van der Waals surface area contributed by atoms with Gasteiger partial charge in [0, 0.05) is 32.2 Å². The van der Waals surface area contributed by atoms with E-state index in [0.717, 1.165) is 62.2 Å². The minimum absolute atomic E-state index is 0.206. The molecule has 0 aliphatic carbocycles. The van der Waals surface area contributed by atoms with Crippen LogP contribution >= 0.6 is 0 Å². The van der Waals surface area contributed by atoms with Gasteiger partial charge in [-0.3, -0.25) is 4.90 Å². The Labute approximate surface area is 153 Å². The smallest absolute Gasteiger partial charge is 0.173 e. The molecule has 0 radical (unpaired) electrons. The maximum Gasteiger partial charge on any atom is 0.173 e. The third kappa shape index (κ3) is 3.26. The van der Waals surface area contributed by atoms with E-state index in [1.165, 1.54) is 0 Å². The number of nitrogens with zero attached hydrogens (tertiary/aromatic N) is 6. The van der Waals surface area contributed by atoms with Crippen LogP contribution in [0.1, 0.15) is 32.1 Å². The zero-order valence-electron chi connectivity index (χ0n) is 15.5. The molecule has 3 heterocycles. The number of rotatable bonds is 5. The van der Waals surface area contributed by atoms with E-state index >= 15 is 0 Å². The van der Waals surface area contributed by atoms with Crippen LogP contribution in [0.15, 0.2) is 18.2 Å². The summed E-state index contributed by atoms with van der Waals surface area (Å²) in [4.78, 5) is 4.97. The molecule has 0 spiro atoms. The normalized spacial score (nSPS) is 19.5. The van der Waals surface area contributed by atoms with Gasteiger partial charge >= 0.3 is 0 Å². The van der Waals surface area contributed by atoms with Crippen molar-refractivity contribution in [1.82, 2.24) is 30.0 Å². The molecule has 2 aliphatic heterocycles. The standard InChI is InChI=1S/C18H26N6O2/c1-3-15(23-9-7-22(4-2)8-10-23)18-19-20-21-24(18)14-5-6-16-17(13-14)26-12-11-25-16/h5-6,13,15H,3-4,7-12H2,1-2H3. The first kappa shape index (κ1) is 17.2. The molecular formula is C18H26N6O2. The molecule has 1 aromatic heterocycles. The maximum atomic E-state index is 5.71. The lowest BCUT2D eigenvalue weighted by molar-refractivity contribution is 0.0924. The van der Waals surface area contributed by atoms with Gasteiger partial charge in [0.25, 0.3) is 0 Å². The SMILES string of the molecule is CCC(c1nnnn1-c1ccc2c(c1)OCCO2)N1CCN(CC)CC1. The number of likely N-dealkylation sites (N-methyl/N-ethyl adjacent to an activating group) is 1. The first-order chi connectivity index (χ1) is 12.8. The lowest BCUT2D eigenvalue weighted by Crippen LogP contribution is -2.47. The Morgan fingerprint density at radius 3 is 2.54 bits per heavy atom. The molecule has 1 saturated heterocycles. The molecule has 140 valence electrons. The molecule has 0 saturated carbocycles. The van der Waals surface area contributed by atoms with Crippen molar-refractivity contribution in [2.45, 2.75) is 26.3 Å². The number of hydrogen-bond acceptors (Lipinski definition) is 7. The molecule has 8 heteroatoms. The van der Waals surface area contributed by atoms with Gasteiger partial charge in [0.15, 0.2) is 17.3 Å². The summed E-state index contributed by atoms with van der Waals surface area (Å²) >= 11 is 0. The monoisotopic (exact) mass is 358 g/mol. The summed E-state index contributed by atoms with van der Waals surface area (Å²) < 4.78 is 13.2. The van der Waals surface area contributed by atoms with Crippen molar-refractivity contribution < 1.29 is 9.47 Å². The fourth-order valence-electron chi connectivity index (χ4n) is 3.74. The second-order valence-corrected chi connectivity index (χ2v) is 6.67. The molecular weight excluding hydrogens is 332 g/mol. The average molecular weight is 358 g/mol. The highest BCUT2D eigenvalue weighted by molar-refractivity contribution is 5.49. The molecule has 1 atom stereocenters. The molecule has 0 amide bonds. The van der Waals surface area contributed by atoms with Gasteiger partial charge in [0.1, 0.15) is 13.2 Å². The quantitative estimate of drug-likeness (QED) is 0.803. The van der Waals surface area contributed by atoms with E-state index in [2.05, 4.69) is 39.2 Å². The summed E-state index contributed by atoms with van der Waals surface area (Å²) in [5.41, 5.74) is 0.903. The molecule has 8 nitrogen and oxygen atoms in total. The van der Waals surface area contributed by atoms with Gasteiger partial charge in [-0.15, -0.1) is 5.10 Å². The van der Waals surface area contributed by atoms with E-state index < -0.39 is 0 Å². The predicted molar refractivity (Wildman–Crippen MR) is 96.9 cm³/mol. The average Bonchev–Trinajstić information content (AvgIpc) is 3.18. The number of ether oxygens (including phenoxy) is 2. The maximum absolute atomic E-state index is 5.71. The van der Waals surface area contributed by atoms with E-state index in [4.69, 9.17) is 9.47 Å². The van der Waals surface area contributed by atoms with Crippen molar-refractivity contribution in [3.05, 3.63) is 24.0 Å². The summed E-state index contributed by atoms with van der Waals surface area (Å²) in [6.07, 6.45) is 0.969. The van der Waals surface area contributed by atoms with Gasteiger partial charge in [-0.2, -0.15) is 4.68 Å². The number of hydrogen-bond donors (Lipinski definition) is 0. The van der Waals surface area contributed by atoms with Gasteiger partial charge in [-0.25, -0.2) is 0 Å². The van der Waals surface area contributed by atoms with Crippen molar-refractivity contribution in [2.75, 3.05) is 45.9 Å². The van der Waals surface area contributed by atoms with Gasteiger partial charge in [-0.05, 0) is 35.5 Å². The Morgan fingerprint density at radius 1 is 1.04 bits per heavy atom. The molecule has 0 bridgehead atoms. The first-order valence-electron chi connectivity index (χ1n) is 9.44. The zero-order chi connectivity index (χ0) is 17.9. The third-order valence-corrected chi connectivity index (χ3v) is 5.24. The van der Waals surface area contributed by atoms with Crippen molar-refractivity contribution >= 4 is 0 Å². The molecule has 26 heavy (non-hydrogen) atoms. The highest BCUT2D eigenvalue weighted by atomic mass is 16.6. The van der Waals surface area contributed by atoms with Crippen LogP contribution < -0.4 is 9.47 Å². The lowest BCUT2D eigenvalue weighted by Gasteiger charge is -2.38. The highest BCUT2D eigenvalue weighted by Crippen LogP contribution is 2.33. The van der Waals surface area contributed by atoms with Crippen LogP contribution in [0.5, 0.6) is 11.5 Å². The van der Waals surface area contributed by atoms with Gasteiger partial charge in [-0.1, -0.05) is 13.8 Å². The summed E-state index contributed by atoms with van der Waals surface area (Å²) in [7, 11) is 0. The van der Waals surface area contributed by atoms with Crippen LogP contribution in [-0.2, 0) is 0 Å². The van der Waals surface area contributed by atoms with Crippen LogP contribution in [0.3, 0.4) is 0 Å². The first-order valence-corrected chi connectivity index (χ1v) is 9.44. The number of fused-ring (bicyclic) bond motifs is 1. The van der Waals surface area contributed by atoms with Gasteiger partial charge < -0.3 is 14.4 Å². The number of aromatic nitrogens is 4.